The van der Waals surface area contributed by atoms with Crippen molar-refractivity contribution in [1.82, 2.24) is 14.7 Å². The number of halogens is 1. The molecule has 2 aromatic heterocycles. The molecule has 0 N–H and O–H groups in total. The number of amides is 2. The van der Waals surface area contributed by atoms with E-state index in [0.717, 1.165) is 59.8 Å². The van der Waals surface area contributed by atoms with Crippen LogP contribution in [0.25, 0.3) is 16.9 Å². The van der Waals surface area contributed by atoms with Crippen molar-refractivity contribution in [2.24, 2.45) is 5.92 Å². The number of methoxy groups -OCH3 is 1. The third kappa shape index (κ3) is 5.63. The number of ether oxygens (including phenoxy) is 1. The zero-order chi connectivity index (χ0) is 28.5. The van der Waals surface area contributed by atoms with Crippen LogP contribution < -0.4 is 9.64 Å². The number of thioether (sulfide) groups is 1. The molecule has 10 heteroatoms. The van der Waals surface area contributed by atoms with Crippen LogP contribution >= 0.6 is 34.7 Å². The zero-order valence-electron chi connectivity index (χ0n) is 23.0. The molecule has 0 unspecified atom stereocenters. The van der Waals surface area contributed by atoms with Crippen LogP contribution in [0.15, 0.2) is 65.4 Å². The van der Waals surface area contributed by atoms with Crippen LogP contribution in [0, 0.1) is 5.92 Å². The summed E-state index contributed by atoms with van der Waals surface area (Å²) in [5.74, 6) is 2.06. The lowest BCUT2D eigenvalue weighted by Gasteiger charge is -2.32. The summed E-state index contributed by atoms with van der Waals surface area (Å²) in [5, 5.41) is 9.80. The van der Waals surface area contributed by atoms with Gasteiger partial charge < -0.3 is 9.64 Å². The first kappa shape index (κ1) is 27.9. The second-order valence-electron chi connectivity index (χ2n) is 10.5. The fourth-order valence-electron chi connectivity index (χ4n) is 5.42. The Hall–Kier alpha value is -3.27. The van der Waals surface area contributed by atoms with Gasteiger partial charge in [-0.2, -0.15) is 16.4 Å². The maximum absolute atomic E-state index is 13.9. The van der Waals surface area contributed by atoms with Crippen molar-refractivity contribution in [1.29, 1.82) is 0 Å². The molecule has 1 atom stereocenters. The Morgan fingerprint density at radius 2 is 1.80 bits per heavy atom. The number of likely N-dealkylation sites (tertiary alicyclic amines) is 1. The van der Waals surface area contributed by atoms with Crippen LogP contribution in [0.3, 0.4) is 0 Å². The number of hydrogen-bond donors (Lipinski definition) is 0. The minimum absolute atomic E-state index is 0.0287. The van der Waals surface area contributed by atoms with Gasteiger partial charge in [0.2, 0.25) is 11.8 Å². The molecule has 6 rings (SSSR count). The van der Waals surface area contributed by atoms with E-state index < -0.39 is 0 Å². The largest absolute Gasteiger partial charge is 0.497 e. The van der Waals surface area contributed by atoms with Gasteiger partial charge in [0, 0.05) is 29.2 Å². The van der Waals surface area contributed by atoms with Crippen LogP contribution in [-0.4, -0.2) is 59.0 Å². The van der Waals surface area contributed by atoms with Gasteiger partial charge in [-0.05, 0) is 77.5 Å². The van der Waals surface area contributed by atoms with Gasteiger partial charge in [0.25, 0.3) is 0 Å². The molecule has 0 saturated carbocycles. The zero-order valence-corrected chi connectivity index (χ0v) is 25.3. The van der Waals surface area contributed by atoms with E-state index in [4.69, 9.17) is 21.4 Å². The number of nitrogens with zero attached hydrogens (tertiary/aromatic N) is 4. The summed E-state index contributed by atoms with van der Waals surface area (Å²) >= 11 is 9.46. The summed E-state index contributed by atoms with van der Waals surface area (Å²) in [6.07, 6.45) is 1.96. The maximum Gasteiger partial charge on any atom is 0.242 e. The van der Waals surface area contributed by atoms with Crippen LogP contribution in [-0.2, 0) is 9.59 Å². The summed E-state index contributed by atoms with van der Waals surface area (Å²) in [5.41, 5.74) is 4.45. The van der Waals surface area contributed by atoms with E-state index in [0.29, 0.717) is 16.8 Å². The van der Waals surface area contributed by atoms with Crippen LogP contribution in [0.4, 0.5) is 5.82 Å². The van der Waals surface area contributed by atoms with Gasteiger partial charge in [0.05, 0.1) is 29.5 Å². The first-order valence-corrected chi connectivity index (χ1v) is 16.0. The number of anilines is 1. The number of piperidine rings is 1. The highest BCUT2D eigenvalue weighted by molar-refractivity contribution is 8.00. The standard InChI is InChI=1S/C31H31ClN4O3S2/c1-20-11-14-34(15-12-20)26(37)17-35-27(38)19-41-30(22-13-16-40-18-22)28-29(21-3-5-23(32)6-4-21)33-36(31(28)35)24-7-9-25(39-2)10-8-24/h3-10,13,16,18,20,30H,11-12,14-15,17,19H2,1-2H3/t30-/m0/s1. The molecule has 2 amide bonds. The number of carbonyl (C=O) groups is 2. The van der Waals surface area contributed by atoms with Crippen LogP contribution in [0.1, 0.15) is 36.1 Å². The summed E-state index contributed by atoms with van der Waals surface area (Å²) < 4.78 is 7.21. The predicted octanol–water partition coefficient (Wildman–Crippen LogP) is 6.69. The van der Waals surface area contributed by atoms with Gasteiger partial charge in [-0.3, -0.25) is 14.5 Å². The minimum atomic E-state index is -0.145. The molecule has 0 spiro atoms. The molecule has 7 nitrogen and oxygen atoms in total. The topological polar surface area (TPSA) is 67.7 Å². The van der Waals surface area contributed by atoms with Gasteiger partial charge in [0.1, 0.15) is 18.1 Å². The van der Waals surface area contributed by atoms with Crippen molar-refractivity contribution in [3.8, 4) is 22.7 Å². The SMILES string of the molecule is COc1ccc(-n2nc(-c3ccc(Cl)cc3)c3c2N(CC(=O)N2CCC(C)CC2)C(=O)CS[C@H]3c2ccsc2)cc1. The summed E-state index contributed by atoms with van der Waals surface area (Å²) in [7, 11) is 1.63. The van der Waals surface area contributed by atoms with E-state index >= 15 is 0 Å². The Morgan fingerprint density at radius 3 is 2.46 bits per heavy atom. The summed E-state index contributed by atoms with van der Waals surface area (Å²) in [4.78, 5) is 31.1. The van der Waals surface area contributed by atoms with Crippen LogP contribution in [0.5, 0.6) is 5.75 Å². The highest BCUT2D eigenvalue weighted by Gasteiger charge is 2.38. The maximum atomic E-state index is 13.9. The average molecular weight is 607 g/mol. The lowest BCUT2D eigenvalue weighted by Crippen LogP contribution is -2.46. The van der Waals surface area contributed by atoms with E-state index in [1.807, 2.05) is 58.1 Å². The summed E-state index contributed by atoms with van der Waals surface area (Å²) in [6, 6.07) is 17.3. The number of fused-ring (bicyclic) bond motifs is 1. The van der Waals surface area contributed by atoms with Gasteiger partial charge in [-0.1, -0.05) is 30.7 Å². The van der Waals surface area contributed by atoms with Crippen molar-refractivity contribution in [3.05, 3.63) is 81.5 Å². The van der Waals surface area contributed by atoms with Gasteiger partial charge in [0.15, 0.2) is 0 Å². The molecule has 1 fully saturated rings. The Morgan fingerprint density at radius 1 is 1.07 bits per heavy atom. The molecule has 212 valence electrons. The molecule has 4 aromatic rings. The molecular weight excluding hydrogens is 576 g/mol. The minimum Gasteiger partial charge on any atom is -0.497 e. The summed E-state index contributed by atoms with van der Waals surface area (Å²) in [6.45, 7) is 3.63. The quantitative estimate of drug-likeness (QED) is 0.245. The molecule has 2 aliphatic rings. The number of hydrogen-bond acceptors (Lipinski definition) is 6. The molecule has 2 aliphatic heterocycles. The Balaban J connectivity index is 1.54. The van der Waals surface area contributed by atoms with Crippen LogP contribution in [0.2, 0.25) is 5.02 Å². The van der Waals surface area contributed by atoms with Crippen molar-refractivity contribution >= 4 is 52.3 Å². The Bertz CT molecular complexity index is 1530. The van der Waals surface area contributed by atoms with E-state index in [-0.39, 0.29) is 29.4 Å². The first-order chi connectivity index (χ1) is 19.9. The third-order valence-electron chi connectivity index (χ3n) is 7.80. The number of rotatable bonds is 6. The second-order valence-corrected chi connectivity index (χ2v) is 12.8. The van der Waals surface area contributed by atoms with Crippen molar-refractivity contribution in [2.45, 2.75) is 25.0 Å². The van der Waals surface area contributed by atoms with E-state index in [1.165, 1.54) is 0 Å². The average Bonchev–Trinajstić information content (AvgIpc) is 3.63. The molecule has 0 aliphatic carbocycles. The molecular formula is C31H31ClN4O3S2. The fourth-order valence-corrected chi connectivity index (χ4v) is 7.51. The normalized spacial score (nSPS) is 17.8. The van der Waals surface area contributed by atoms with E-state index in [9.17, 15) is 9.59 Å². The number of thiophene rings is 1. The molecule has 4 heterocycles. The number of aromatic nitrogens is 2. The van der Waals surface area contributed by atoms with Gasteiger partial charge >= 0.3 is 0 Å². The molecule has 2 aromatic carbocycles. The lowest BCUT2D eigenvalue weighted by atomic mass is 9.99. The number of benzene rings is 2. The predicted molar refractivity (Wildman–Crippen MR) is 167 cm³/mol. The molecule has 41 heavy (non-hydrogen) atoms. The molecule has 0 radical (unpaired) electrons. The highest BCUT2D eigenvalue weighted by Crippen LogP contribution is 2.49. The van der Waals surface area contributed by atoms with Crippen molar-refractivity contribution in [2.75, 3.05) is 37.4 Å². The smallest absolute Gasteiger partial charge is 0.242 e. The fraction of sp³-hybridized carbons (Fsp3) is 0.323. The lowest BCUT2D eigenvalue weighted by molar-refractivity contribution is -0.132. The monoisotopic (exact) mass is 606 g/mol. The van der Waals surface area contributed by atoms with Gasteiger partial charge in [-0.15, -0.1) is 11.8 Å². The number of carbonyl (C=O) groups excluding carboxylic acids is 2. The third-order valence-corrected chi connectivity index (χ3v) is 10.0. The first-order valence-electron chi connectivity index (χ1n) is 13.7. The van der Waals surface area contributed by atoms with Crippen molar-refractivity contribution in [3.63, 3.8) is 0 Å². The second kappa shape index (κ2) is 11.9. The Kier molecular flexibility index (Phi) is 8.10. The van der Waals surface area contributed by atoms with E-state index in [1.54, 1.807) is 35.1 Å². The van der Waals surface area contributed by atoms with Crippen molar-refractivity contribution < 1.29 is 14.3 Å². The van der Waals surface area contributed by atoms with Gasteiger partial charge in [-0.25, -0.2) is 4.68 Å². The Labute approximate surface area is 253 Å². The highest BCUT2D eigenvalue weighted by atomic mass is 35.5. The molecule has 1 saturated heterocycles. The molecule has 0 bridgehead atoms. The van der Waals surface area contributed by atoms with E-state index in [2.05, 4.69) is 23.8 Å².